The highest BCUT2D eigenvalue weighted by Crippen LogP contribution is 2.26. The minimum Gasteiger partial charge on any atom is -0.399 e. The number of carbonyl (C=O) groups excluding carboxylic acids is 1. The zero-order valence-corrected chi connectivity index (χ0v) is 16.6. The normalized spacial score (nSPS) is 15.7. The maximum Gasteiger partial charge on any atom is 0.320 e. The predicted molar refractivity (Wildman–Crippen MR) is 113 cm³/mol. The van der Waals surface area contributed by atoms with Crippen LogP contribution in [-0.2, 0) is 17.6 Å². The van der Waals surface area contributed by atoms with E-state index in [-0.39, 0.29) is 11.9 Å². The monoisotopic (exact) mass is 405 g/mol. The minimum atomic E-state index is -0.441. The number of benzene rings is 2. The number of hydrogen-bond acceptors (Lipinski definition) is 7. The van der Waals surface area contributed by atoms with E-state index < -0.39 is 5.91 Å². The summed E-state index contributed by atoms with van der Waals surface area (Å²) in [5.41, 5.74) is 5.40. The van der Waals surface area contributed by atoms with Crippen LogP contribution in [0.3, 0.4) is 0 Å². The summed E-state index contributed by atoms with van der Waals surface area (Å²) in [6, 6.07) is 14.1. The van der Waals surface area contributed by atoms with Crippen LogP contribution in [0.15, 0.2) is 46.9 Å². The van der Waals surface area contributed by atoms with Crippen molar-refractivity contribution in [3.8, 4) is 0 Å². The number of aryl methyl sites for hydroxylation is 2. The molecule has 2 aliphatic rings. The fourth-order valence-electron chi connectivity index (χ4n) is 3.90. The van der Waals surface area contributed by atoms with Crippen LogP contribution in [0.25, 0.3) is 0 Å². The van der Waals surface area contributed by atoms with Crippen molar-refractivity contribution in [3.63, 3.8) is 0 Å². The van der Waals surface area contributed by atoms with Crippen LogP contribution in [0.2, 0.25) is 0 Å². The molecule has 1 aromatic heterocycles. The molecule has 0 radical (unpaired) electrons. The van der Waals surface area contributed by atoms with Crippen LogP contribution in [0.1, 0.15) is 28.2 Å². The van der Waals surface area contributed by atoms with Gasteiger partial charge in [-0.1, -0.05) is 11.2 Å². The highest BCUT2D eigenvalue weighted by atomic mass is 16.5. The van der Waals surface area contributed by atoms with Crippen LogP contribution in [0, 0.1) is 0 Å². The number of hydrogen-bond donors (Lipinski definition) is 2. The van der Waals surface area contributed by atoms with Crippen molar-refractivity contribution < 1.29 is 13.9 Å². The number of nitrogens with zero attached hydrogens (tertiary/aromatic N) is 3. The number of anilines is 4. The summed E-state index contributed by atoms with van der Waals surface area (Å²) in [6.07, 6.45) is 3.41. The van der Waals surface area contributed by atoms with E-state index in [0.717, 1.165) is 50.5 Å². The summed E-state index contributed by atoms with van der Waals surface area (Å²) in [5.74, 6) is -0.528. The van der Waals surface area contributed by atoms with Gasteiger partial charge in [-0.15, -0.1) is 5.10 Å². The van der Waals surface area contributed by atoms with Crippen molar-refractivity contribution in [2.45, 2.75) is 19.3 Å². The van der Waals surface area contributed by atoms with E-state index in [1.807, 2.05) is 30.3 Å². The Morgan fingerprint density at radius 3 is 2.53 bits per heavy atom. The number of amides is 1. The van der Waals surface area contributed by atoms with Crippen LogP contribution in [0.5, 0.6) is 0 Å². The lowest BCUT2D eigenvalue weighted by Crippen LogP contribution is -2.36. The van der Waals surface area contributed by atoms with Crippen molar-refractivity contribution in [1.29, 1.82) is 0 Å². The Morgan fingerprint density at radius 1 is 0.933 bits per heavy atom. The van der Waals surface area contributed by atoms with Crippen molar-refractivity contribution in [1.82, 2.24) is 10.2 Å². The molecular formula is C22H23N5O3. The molecule has 0 spiro atoms. The van der Waals surface area contributed by atoms with E-state index in [4.69, 9.17) is 9.15 Å². The van der Waals surface area contributed by atoms with E-state index >= 15 is 0 Å². The van der Waals surface area contributed by atoms with E-state index in [1.165, 1.54) is 17.5 Å². The van der Waals surface area contributed by atoms with Crippen LogP contribution >= 0.6 is 0 Å². The number of morpholine rings is 1. The Hall–Kier alpha value is -3.39. The third kappa shape index (κ3) is 3.99. The highest BCUT2D eigenvalue weighted by Gasteiger charge is 2.17. The first-order chi connectivity index (χ1) is 14.7. The molecule has 2 aromatic carbocycles. The molecule has 1 amide bonds. The Morgan fingerprint density at radius 2 is 1.70 bits per heavy atom. The molecule has 1 fully saturated rings. The molecule has 5 rings (SSSR count). The first-order valence-corrected chi connectivity index (χ1v) is 10.2. The van der Waals surface area contributed by atoms with Gasteiger partial charge in [0.1, 0.15) is 0 Å². The predicted octanol–water partition coefficient (Wildman–Crippen LogP) is 3.39. The Kier molecular flexibility index (Phi) is 5.06. The highest BCUT2D eigenvalue weighted by molar-refractivity contribution is 6.01. The molecule has 2 N–H and O–H groups in total. The van der Waals surface area contributed by atoms with Gasteiger partial charge in [0.15, 0.2) is 0 Å². The van der Waals surface area contributed by atoms with Gasteiger partial charge < -0.3 is 24.7 Å². The van der Waals surface area contributed by atoms with E-state index in [2.05, 4.69) is 37.9 Å². The second kappa shape index (κ2) is 8.16. The largest absolute Gasteiger partial charge is 0.399 e. The van der Waals surface area contributed by atoms with Gasteiger partial charge in [0, 0.05) is 30.2 Å². The maximum absolute atomic E-state index is 12.5. The van der Waals surface area contributed by atoms with Gasteiger partial charge in [-0.2, -0.15) is 0 Å². The summed E-state index contributed by atoms with van der Waals surface area (Å²) in [4.78, 5) is 14.7. The van der Waals surface area contributed by atoms with Gasteiger partial charge in [0.25, 0.3) is 0 Å². The van der Waals surface area contributed by atoms with Crippen LogP contribution in [0.4, 0.5) is 23.1 Å². The molecule has 1 aliphatic heterocycles. The van der Waals surface area contributed by atoms with Gasteiger partial charge in [0.05, 0.1) is 13.2 Å². The molecule has 0 unspecified atom stereocenters. The molecular weight excluding hydrogens is 382 g/mol. The average Bonchev–Trinajstić information content (AvgIpc) is 3.44. The zero-order chi connectivity index (χ0) is 20.3. The summed E-state index contributed by atoms with van der Waals surface area (Å²) >= 11 is 0. The Balaban J connectivity index is 1.21. The van der Waals surface area contributed by atoms with Gasteiger partial charge in [-0.05, 0) is 66.8 Å². The molecule has 1 aliphatic carbocycles. The lowest BCUT2D eigenvalue weighted by atomic mass is 10.1. The Labute approximate surface area is 174 Å². The number of aromatic nitrogens is 2. The third-order valence-electron chi connectivity index (χ3n) is 5.47. The van der Waals surface area contributed by atoms with Crippen molar-refractivity contribution in [3.05, 3.63) is 59.5 Å². The van der Waals surface area contributed by atoms with E-state index in [1.54, 1.807) is 0 Å². The van der Waals surface area contributed by atoms with Crippen molar-refractivity contribution >= 4 is 29.0 Å². The maximum atomic E-state index is 12.5. The van der Waals surface area contributed by atoms with Gasteiger partial charge in [-0.25, -0.2) is 0 Å². The number of carbonyl (C=O) groups is 1. The zero-order valence-electron chi connectivity index (χ0n) is 16.6. The first-order valence-electron chi connectivity index (χ1n) is 10.2. The van der Waals surface area contributed by atoms with Gasteiger partial charge >= 0.3 is 17.8 Å². The molecule has 154 valence electrons. The van der Waals surface area contributed by atoms with Gasteiger partial charge in [0.2, 0.25) is 0 Å². The number of nitrogens with one attached hydrogen (secondary N) is 2. The van der Waals surface area contributed by atoms with Crippen molar-refractivity contribution in [2.75, 3.05) is 41.8 Å². The molecule has 8 heteroatoms. The fraction of sp³-hybridized carbons (Fsp3) is 0.318. The molecule has 0 bridgehead atoms. The first kappa shape index (κ1) is 18.6. The molecule has 0 saturated carbocycles. The minimum absolute atomic E-state index is 0.0871. The van der Waals surface area contributed by atoms with Crippen LogP contribution < -0.4 is 15.5 Å². The molecule has 2 heterocycles. The molecule has 1 saturated heterocycles. The topological polar surface area (TPSA) is 92.5 Å². The standard InChI is InChI=1S/C22H23N5O3/c28-20(23-17-6-8-19(9-7-17)27-10-12-29-13-11-27)21-25-26-22(30-21)24-18-5-4-15-2-1-3-16(15)14-18/h4-9,14H,1-3,10-13H2,(H,23,28)(H,24,26). The smallest absolute Gasteiger partial charge is 0.320 e. The third-order valence-corrected chi connectivity index (χ3v) is 5.47. The number of fused-ring (bicyclic) bond motifs is 1. The summed E-state index contributed by atoms with van der Waals surface area (Å²) in [7, 11) is 0. The molecule has 0 atom stereocenters. The van der Waals surface area contributed by atoms with E-state index in [0.29, 0.717) is 5.69 Å². The van der Waals surface area contributed by atoms with Gasteiger partial charge in [-0.3, -0.25) is 4.79 Å². The summed E-state index contributed by atoms with van der Waals surface area (Å²) in [6.45, 7) is 3.20. The lowest BCUT2D eigenvalue weighted by molar-refractivity contribution is 0.0991. The SMILES string of the molecule is O=C(Nc1ccc(N2CCOCC2)cc1)c1nnc(Nc2ccc3c(c2)CCC3)o1. The molecule has 8 nitrogen and oxygen atoms in total. The number of rotatable bonds is 5. The summed E-state index contributed by atoms with van der Waals surface area (Å²) < 4.78 is 10.9. The second-order valence-corrected chi connectivity index (χ2v) is 7.47. The summed E-state index contributed by atoms with van der Waals surface area (Å²) in [5, 5.41) is 13.7. The fourth-order valence-corrected chi connectivity index (χ4v) is 3.90. The Bertz CT molecular complexity index is 1040. The number of ether oxygens (including phenoxy) is 1. The average molecular weight is 405 g/mol. The lowest BCUT2D eigenvalue weighted by Gasteiger charge is -2.28. The quantitative estimate of drug-likeness (QED) is 0.672. The second-order valence-electron chi connectivity index (χ2n) is 7.47. The van der Waals surface area contributed by atoms with Crippen molar-refractivity contribution in [2.24, 2.45) is 0 Å². The van der Waals surface area contributed by atoms with Crippen LogP contribution in [-0.4, -0.2) is 42.4 Å². The van der Waals surface area contributed by atoms with E-state index in [9.17, 15) is 4.79 Å². The molecule has 30 heavy (non-hydrogen) atoms. The molecule has 3 aromatic rings.